The van der Waals surface area contributed by atoms with Gasteiger partial charge in [-0.1, -0.05) is 42.1 Å². The van der Waals surface area contributed by atoms with Crippen LogP contribution in [0.2, 0.25) is 0 Å². The molecule has 1 aromatic carbocycles. The smallest absolute Gasteiger partial charge is 0.168 e. The van der Waals surface area contributed by atoms with Gasteiger partial charge in [0.15, 0.2) is 5.17 Å². The van der Waals surface area contributed by atoms with E-state index in [1.54, 1.807) is 11.8 Å². The minimum atomic E-state index is 0.260. The zero-order chi connectivity index (χ0) is 11.0. The van der Waals surface area contributed by atoms with Crippen molar-refractivity contribution in [3.63, 3.8) is 0 Å². The van der Waals surface area contributed by atoms with Crippen LogP contribution in [0, 0.1) is 0 Å². The summed E-state index contributed by atoms with van der Waals surface area (Å²) in [5.41, 5.74) is 2.45. The lowest BCUT2D eigenvalue weighted by Gasteiger charge is -2.16. The van der Waals surface area contributed by atoms with Crippen molar-refractivity contribution in [3.8, 4) is 0 Å². The lowest BCUT2D eigenvalue weighted by Crippen LogP contribution is -2.22. The fraction of sp³-hybridized carbons (Fsp3) is 0.250. The van der Waals surface area contributed by atoms with E-state index in [0.29, 0.717) is 5.88 Å². The van der Waals surface area contributed by atoms with Crippen LogP contribution < -0.4 is 0 Å². The molecule has 1 aromatic rings. The van der Waals surface area contributed by atoms with Crippen molar-refractivity contribution in [1.82, 2.24) is 4.90 Å². The van der Waals surface area contributed by atoms with Crippen molar-refractivity contribution < 1.29 is 0 Å². The molecule has 16 heavy (non-hydrogen) atoms. The third kappa shape index (κ3) is 1.64. The number of alkyl halides is 1. The molecule has 1 atom stereocenters. The quantitative estimate of drug-likeness (QED) is 0.749. The first-order valence-electron chi connectivity index (χ1n) is 5.20. The molecule has 2 aliphatic rings. The molecule has 0 spiro atoms. The van der Waals surface area contributed by atoms with E-state index in [4.69, 9.17) is 16.6 Å². The third-order valence-electron chi connectivity index (χ3n) is 2.82. The Morgan fingerprint density at radius 2 is 2.19 bits per heavy atom. The van der Waals surface area contributed by atoms with Crippen molar-refractivity contribution in [2.75, 3.05) is 12.4 Å². The average Bonchev–Trinajstić information content (AvgIpc) is 2.89. The molecule has 0 N–H and O–H groups in total. The van der Waals surface area contributed by atoms with Gasteiger partial charge in [-0.15, -0.1) is 11.6 Å². The normalized spacial score (nSPS) is 23.1. The lowest BCUT2D eigenvalue weighted by atomic mass is 10.1. The molecule has 2 nitrogen and oxygen atoms in total. The second-order valence-corrected chi connectivity index (χ2v) is 4.91. The molecule has 2 aliphatic heterocycles. The molecule has 0 fully saturated rings. The summed E-state index contributed by atoms with van der Waals surface area (Å²) in [5, 5.41) is 3.18. The summed E-state index contributed by atoms with van der Waals surface area (Å²) in [6, 6.07) is 10.7. The number of aliphatic imine (C=N–C) groups is 1. The lowest BCUT2D eigenvalue weighted by molar-refractivity contribution is 0.524. The van der Waals surface area contributed by atoms with Crippen molar-refractivity contribution in [1.29, 1.82) is 0 Å². The molecular weight excluding hydrogens is 240 g/mol. The number of fused-ring (bicyclic) bond motifs is 1. The maximum absolute atomic E-state index is 5.89. The topological polar surface area (TPSA) is 15.6 Å². The summed E-state index contributed by atoms with van der Waals surface area (Å²) < 4.78 is 0. The SMILES string of the molecule is ClCC1=CSC2=NC(c3ccccc3)CN12. The first-order valence-corrected chi connectivity index (χ1v) is 6.62. The van der Waals surface area contributed by atoms with E-state index in [9.17, 15) is 0 Å². The Bertz CT molecular complexity index is 455. The van der Waals surface area contributed by atoms with E-state index in [-0.39, 0.29) is 6.04 Å². The van der Waals surface area contributed by atoms with E-state index in [1.807, 2.05) is 6.07 Å². The highest BCUT2D eigenvalue weighted by Crippen LogP contribution is 2.36. The number of amidine groups is 1. The summed E-state index contributed by atoms with van der Waals surface area (Å²) in [6.07, 6.45) is 0. The maximum atomic E-state index is 5.89. The molecule has 0 radical (unpaired) electrons. The standard InChI is InChI=1S/C12H11ClN2S/c13-6-10-8-16-12-14-11(7-15(10)12)9-4-2-1-3-5-9/h1-5,8,11H,6-7H2. The molecule has 1 unspecified atom stereocenters. The molecule has 2 heterocycles. The molecule has 3 rings (SSSR count). The molecule has 0 aromatic heterocycles. The van der Waals surface area contributed by atoms with E-state index in [0.717, 1.165) is 11.7 Å². The molecule has 0 saturated heterocycles. The maximum Gasteiger partial charge on any atom is 0.168 e. The monoisotopic (exact) mass is 250 g/mol. The number of thioether (sulfide) groups is 1. The summed E-state index contributed by atoms with van der Waals surface area (Å²) in [4.78, 5) is 6.93. The van der Waals surface area contributed by atoms with E-state index < -0.39 is 0 Å². The summed E-state index contributed by atoms with van der Waals surface area (Å²) in [5.74, 6) is 0.563. The van der Waals surface area contributed by atoms with Crippen molar-refractivity contribution in [2.45, 2.75) is 6.04 Å². The van der Waals surface area contributed by atoms with Crippen molar-refractivity contribution in [3.05, 3.63) is 47.0 Å². The van der Waals surface area contributed by atoms with Crippen LogP contribution in [0.3, 0.4) is 0 Å². The van der Waals surface area contributed by atoms with Gasteiger partial charge >= 0.3 is 0 Å². The summed E-state index contributed by atoms with van der Waals surface area (Å²) in [7, 11) is 0. The minimum Gasteiger partial charge on any atom is -0.320 e. The van der Waals surface area contributed by atoms with Gasteiger partial charge < -0.3 is 4.90 Å². The fourth-order valence-electron chi connectivity index (χ4n) is 1.97. The molecule has 0 aliphatic carbocycles. The van der Waals surface area contributed by atoms with Gasteiger partial charge in [0, 0.05) is 5.70 Å². The van der Waals surface area contributed by atoms with Crippen molar-refractivity contribution >= 4 is 28.5 Å². The van der Waals surface area contributed by atoms with E-state index in [2.05, 4.69) is 34.6 Å². The zero-order valence-electron chi connectivity index (χ0n) is 8.64. The van der Waals surface area contributed by atoms with Crippen LogP contribution in [0.15, 0.2) is 46.4 Å². The van der Waals surface area contributed by atoms with E-state index >= 15 is 0 Å². The van der Waals surface area contributed by atoms with Crippen LogP contribution in [-0.4, -0.2) is 22.5 Å². The Morgan fingerprint density at radius 1 is 1.38 bits per heavy atom. The Hall–Kier alpha value is -0.930. The third-order valence-corrected chi connectivity index (χ3v) is 4.02. The van der Waals surface area contributed by atoms with Gasteiger partial charge in [-0.2, -0.15) is 0 Å². The highest BCUT2D eigenvalue weighted by molar-refractivity contribution is 8.16. The van der Waals surface area contributed by atoms with Gasteiger partial charge in [-0.25, -0.2) is 0 Å². The van der Waals surface area contributed by atoms with Gasteiger partial charge in [-0.3, -0.25) is 4.99 Å². The predicted molar refractivity (Wildman–Crippen MR) is 69.7 cm³/mol. The summed E-state index contributed by atoms with van der Waals surface area (Å²) >= 11 is 7.56. The number of allylic oxidation sites excluding steroid dienone is 1. The van der Waals surface area contributed by atoms with Crippen LogP contribution in [0.1, 0.15) is 11.6 Å². The number of benzene rings is 1. The van der Waals surface area contributed by atoms with Gasteiger partial charge in [-0.05, 0) is 11.0 Å². The largest absolute Gasteiger partial charge is 0.320 e. The Morgan fingerprint density at radius 3 is 2.94 bits per heavy atom. The van der Waals surface area contributed by atoms with Crippen LogP contribution in [0.4, 0.5) is 0 Å². The van der Waals surface area contributed by atoms with Gasteiger partial charge in [0.05, 0.1) is 18.5 Å². The van der Waals surface area contributed by atoms with E-state index in [1.165, 1.54) is 11.3 Å². The molecule has 0 amide bonds. The number of halogens is 1. The van der Waals surface area contributed by atoms with Gasteiger partial charge in [0.1, 0.15) is 0 Å². The molecular formula is C12H11ClN2S. The highest BCUT2D eigenvalue weighted by Gasteiger charge is 2.31. The van der Waals surface area contributed by atoms with Gasteiger partial charge in [0.25, 0.3) is 0 Å². The van der Waals surface area contributed by atoms with Gasteiger partial charge in [0.2, 0.25) is 0 Å². The van der Waals surface area contributed by atoms with Crippen LogP contribution in [-0.2, 0) is 0 Å². The number of hydrogen-bond donors (Lipinski definition) is 0. The highest BCUT2D eigenvalue weighted by atomic mass is 35.5. The molecule has 0 bridgehead atoms. The zero-order valence-corrected chi connectivity index (χ0v) is 10.2. The van der Waals surface area contributed by atoms with Crippen molar-refractivity contribution in [2.24, 2.45) is 4.99 Å². The number of hydrogen-bond acceptors (Lipinski definition) is 3. The molecule has 0 saturated carbocycles. The first-order chi connectivity index (χ1) is 7.88. The first kappa shape index (κ1) is 10.2. The Kier molecular flexibility index (Phi) is 2.65. The second kappa shape index (κ2) is 4.15. The fourth-order valence-corrected chi connectivity index (χ4v) is 3.24. The number of rotatable bonds is 2. The van der Waals surface area contributed by atoms with Crippen LogP contribution in [0.25, 0.3) is 0 Å². The second-order valence-electron chi connectivity index (χ2n) is 3.81. The van der Waals surface area contributed by atoms with Crippen LogP contribution >= 0.6 is 23.4 Å². The Balaban J connectivity index is 1.83. The summed E-state index contributed by atoms with van der Waals surface area (Å²) in [6.45, 7) is 0.922. The minimum absolute atomic E-state index is 0.260. The molecule has 4 heteroatoms. The Labute approximate surface area is 104 Å². The average molecular weight is 251 g/mol. The predicted octanol–water partition coefficient (Wildman–Crippen LogP) is 3.23. The molecule has 82 valence electrons. The number of nitrogens with zero attached hydrogens (tertiary/aromatic N) is 2. The van der Waals surface area contributed by atoms with Crippen LogP contribution in [0.5, 0.6) is 0 Å².